The predicted octanol–water partition coefficient (Wildman–Crippen LogP) is 5.25. The lowest BCUT2D eigenvalue weighted by atomic mass is 9.72. The first-order chi connectivity index (χ1) is 17.2. The van der Waals surface area contributed by atoms with Crippen LogP contribution < -0.4 is 10.1 Å². The summed E-state index contributed by atoms with van der Waals surface area (Å²) in [5.74, 6) is 0.608. The van der Waals surface area contributed by atoms with Gasteiger partial charge in [0.1, 0.15) is 11.6 Å². The topological polar surface area (TPSA) is 82.5 Å². The molecule has 188 valence electrons. The van der Waals surface area contributed by atoms with Crippen molar-refractivity contribution in [3.63, 3.8) is 0 Å². The van der Waals surface area contributed by atoms with Crippen molar-refractivity contribution in [3.8, 4) is 5.75 Å². The van der Waals surface area contributed by atoms with Crippen molar-refractivity contribution in [2.24, 2.45) is 5.92 Å². The van der Waals surface area contributed by atoms with E-state index < -0.39 is 15.4 Å². The van der Waals surface area contributed by atoms with Gasteiger partial charge >= 0.3 is 0 Å². The van der Waals surface area contributed by atoms with E-state index >= 15 is 0 Å². The molecular formula is C28H30FN3O3S. The number of halogens is 1. The maximum Gasteiger partial charge on any atom is 0.211 e. The highest BCUT2D eigenvalue weighted by Gasteiger charge is 2.56. The van der Waals surface area contributed by atoms with Gasteiger partial charge in [-0.3, -0.25) is 0 Å². The van der Waals surface area contributed by atoms with Gasteiger partial charge in [-0.25, -0.2) is 17.1 Å². The van der Waals surface area contributed by atoms with Crippen LogP contribution in [0.25, 0.3) is 0 Å². The molecule has 0 bridgehead atoms. The van der Waals surface area contributed by atoms with Gasteiger partial charge in [0, 0.05) is 41.7 Å². The first-order valence-corrected chi connectivity index (χ1v) is 13.9. The molecule has 3 atom stereocenters. The predicted molar refractivity (Wildman–Crippen MR) is 140 cm³/mol. The van der Waals surface area contributed by atoms with E-state index in [1.165, 1.54) is 24.6 Å². The van der Waals surface area contributed by atoms with Crippen LogP contribution in [0.4, 0.5) is 15.8 Å². The number of anilines is 2. The van der Waals surface area contributed by atoms with Gasteiger partial charge in [-0.05, 0) is 85.3 Å². The Hall–Kier alpha value is -3.23. The van der Waals surface area contributed by atoms with Gasteiger partial charge in [0.25, 0.3) is 0 Å². The van der Waals surface area contributed by atoms with Crippen LogP contribution in [0, 0.1) is 24.1 Å². The zero-order valence-corrected chi connectivity index (χ0v) is 21.2. The monoisotopic (exact) mass is 507 g/mol. The molecule has 8 heteroatoms. The number of benzene rings is 3. The fraction of sp³-hybridized carbons (Fsp3) is 0.321. The van der Waals surface area contributed by atoms with E-state index in [1.807, 2.05) is 49.4 Å². The van der Waals surface area contributed by atoms with Crippen molar-refractivity contribution in [2.75, 3.05) is 24.7 Å². The lowest BCUT2D eigenvalue weighted by Gasteiger charge is -2.32. The minimum absolute atomic E-state index is 0.0287. The maximum atomic E-state index is 13.3. The van der Waals surface area contributed by atoms with E-state index in [2.05, 4.69) is 5.32 Å². The molecule has 1 saturated carbocycles. The fourth-order valence-corrected chi connectivity index (χ4v) is 6.81. The van der Waals surface area contributed by atoms with Crippen LogP contribution in [0.1, 0.15) is 29.5 Å². The molecule has 1 heterocycles. The summed E-state index contributed by atoms with van der Waals surface area (Å²) in [5, 5.41) is 11.4. The van der Waals surface area contributed by atoms with Crippen LogP contribution in [0.5, 0.6) is 5.75 Å². The van der Waals surface area contributed by atoms with Crippen LogP contribution >= 0.6 is 0 Å². The highest BCUT2D eigenvalue weighted by atomic mass is 32.2. The molecule has 0 aromatic heterocycles. The average molecular weight is 508 g/mol. The largest absolute Gasteiger partial charge is 0.490 e. The first kappa shape index (κ1) is 24.5. The average Bonchev–Trinajstić information content (AvgIpc) is 3.36. The Morgan fingerprint density at radius 2 is 1.86 bits per heavy atom. The molecule has 0 spiro atoms. The smallest absolute Gasteiger partial charge is 0.211 e. The SMILES string of the molecule is Cc1cc(Nc2ccc(F)cc2)c(C=N)cc1[C@]12CC(Oc3ccccc3)C[C@H]1CN(S(C)(=O)=O)C2. The Bertz CT molecular complexity index is 1380. The Kier molecular flexibility index (Phi) is 6.34. The third-order valence-corrected chi connectivity index (χ3v) is 8.75. The van der Waals surface area contributed by atoms with Crippen LogP contribution in [0.15, 0.2) is 66.7 Å². The third-order valence-electron chi connectivity index (χ3n) is 7.53. The van der Waals surface area contributed by atoms with Crippen molar-refractivity contribution < 1.29 is 17.5 Å². The van der Waals surface area contributed by atoms with E-state index in [-0.39, 0.29) is 17.8 Å². The van der Waals surface area contributed by atoms with E-state index in [4.69, 9.17) is 10.1 Å². The number of para-hydroxylation sites is 1. The number of ether oxygens (including phenoxy) is 1. The molecule has 3 aromatic rings. The quantitative estimate of drug-likeness (QED) is 0.428. The minimum atomic E-state index is -3.34. The minimum Gasteiger partial charge on any atom is -0.490 e. The van der Waals surface area contributed by atoms with Crippen LogP contribution in [0.3, 0.4) is 0 Å². The standard InChI is InChI=1S/C28H30FN3O3S/c1-19-12-27(31-23-10-8-22(29)9-11-23)20(16-30)13-26(19)28-15-25(35-24-6-4-3-5-7-24)14-21(28)17-32(18-28)36(2,33)34/h3-13,16,21,25,30-31H,14-15,17-18H2,1-2H3/t21-,25?,28-/m0/s1. The van der Waals surface area contributed by atoms with Crippen molar-refractivity contribution >= 4 is 27.6 Å². The summed E-state index contributed by atoms with van der Waals surface area (Å²) in [6, 6.07) is 19.8. The second-order valence-electron chi connectivity index (χ2n) is 9.93. The summed E-state index contributed by atoms with van der Waals surface area (Å²) in [6.45, 7) is 2.88. The summed E-state index contributed by atoms with van der Waals surface area (Å²) in [4.78, 5) is 0. The van der Waals surface area contributed by atoms with Gasteiger partial charge in [0.15, 0.2) is 0 Å². The number of sulfonamides is 1. The summed E-state index contributed by atoms with van der Waals surface area (Å²) in [7, 11) is -3.34. The van der Waals surface area contributed by atoms with Crippen molar-refractivity contribution in [1.29, 1.82) is 5.41 Å². The van der Waals surface area contributed by atoms with Gasteiger partial charge in [0.2, 0.25) is 10.0 Å². The highest BCUT2D eigenvalue weighted by molar-refractivity contribution is 7.88. The first-order valence-electron chi connectivity index (χ1n) is 12.0. The summed E-state index contributed by atoms with van der Waals surface area (Å²) in [5.41, 5.74) is 3.84. The molecular weight excluding hydrogens is 477 g/mol. The van der Waals surface area contributed by atoms with E-state index in [0.717, 1.165) is 34.7 Å². The Balaban J connectivity index is 1.51. The van der Waals surface area contributed by atoms with Gasteiger partial charge in [-0.1, -0.05) is 18.2 Å². The van der Waals surface area contributed by atoms with Crippen molar-refractivity contribution in [2.45, 2.75) is 31.3 Å². The molecule has 0 radical (unpaired) electrons. The normalized spacial score (nSPS) is 23.9. The van der Waals surface area contributed by atoms with Crippen LogP contribution in [0.2, 0.25) is 0 Å². The Morgan fingerprint density at radius 3 is 2.53 bits per heavy atom. The molecule has 1 unspecified atom stereocenters. The number of nitrogens with zero attached hydrogens (tertiary/aromatic N) is 1. The van der Waals surface area contributed by atoms with Crippen molar-refractivity contribution in [3.05, 3.63) is 89.2 Å². The molecule has 36 heavy (non-hydrogen) atoms. The number of nitrogens with one attached hydrogen (secondary N) is 2. The van der Waals surface area contributed by atoms with Gasteiger partial charge in [0.05, 0.1) is 12.4 Å². The number of rotatable bonds is 7. The number of hydrogen-bond acceptors (Lipinski definition) is 5. The lowest BCUT2D eigenvalue weighted by Crippen LogP contribution is -2.36. The molecule has 5 rings (SSSR count). The van der Waals surface area contributed by atoms with Gasteiger partial charge < -0.3 is 15.5 Å². The molecule has 2 N–H and O–H groups in total. The summed E-state index contributed by atoms with van der Waals surface area (Å²) < 4.78 is 46.3. The van der Waals surface area contributed by atoms with Crippen LogP contribution in [-0.2, 0) is 15.4 Å². The summed E-state index contributed by atoms with van der Waals surface area (Å²) >= 11 is 0. The van der Waals surface area contributed by atoms with E-state index in [0.29, 0.717) is 25.1 Å². The van der Waals surface area contributed by atoms with Crippen LogP contribution in [-0.4, -0.2) is 44.4 Å². The fourth-order valence-electron chi connectivity index (χ4n) is 5.89. The third kappa shape index (κ3) is 4.63. The molecule has 2 aliphatic rings. The molecule has 2 fully saturated rings. The van der Waals surface area contributed by atoms with E-state index in [9.17, 15) is 12.8 Å². The maximum absolute atomic E-state index is 13.3. The number of fused-ring (bicyclic) bond motifs is 1. The second kappa shape index (κ2) is 9.33. The Labute approximate surface area is 211 Å². The zero-order chi connectivity index (χ0) is 25.5. The number of hydrogen-bond donors (Lipinski definition) is 2. The number of aryl methyl sites for hydroxylation is 1. The van der Waals surface area contributed by atoms with E-state index in [1.54, 1.807) is 16.4 Å². The molecule has 0 amide bonds. The van der Waals surface area contributed by atoms with Crippen molar-refractivity contribution in [1.82, 2.24) is 4.31 Å². The zero-order valence-electron chi connectivity index (χ0n) is 20.4. The molecule has 1 saturated heterocycles. The molecule has 1 aliphatic carbocycles. The molecule has 3 aromatic carbocycles. The second-order valence-corrected chi connectivity index (χ2v) is 11.9. The highest BCUT2D eigenvalue weighted by Crippen LogP contribution is 2.53. The summed E-state index contributed by atoms with van der Waals surface area (Å²) in [6.07, 6.45) is 4.00. The Morgan fingerprint density at radius 1 is 1.14 bits per heavy atom. The lowest BCUT2D eigenvalue weighted by molar-refractivity contribution is 0.191. The van der Waals surface area contributed by atoms with Gasteiger partial charge in [-0.2, -0.15) is 0 Å². The molecule has 6 nitrogen and oxygen atoms in total. The van der Waals surface area contributed by atoms with Gasteiger partial charge in [-0.15, -0.1) is 0 Å². The molecule has 1 aliphatic heterocycles.